The molecule has 2 aromatic heterocycles. The van der Waals surface area contributed by atoms with Gasteiger partial charge in [0.25, 0.3) is 0 Å². The second kappa shape index (κ2) is 2.94. The maximum Gasteiger partial charge on any atom is 0.151 e. The summed E-state index contributed by atoms with van der Waals surface area (Å²) in [5, 5.41) is 0.898. The minimum atomic E-state index is 0.582. The summed E-state index contributed by atoms with van der Waals surface area (Å²) in [6.07, 6.45) is 4.08. The van der Waals surface area contributed by atoms with Gasteiger partial charge in [-0.05, 0) is 19.1 Å². The van der Waals surface area contributed by atoms with E-state index in [1.165, 1.54) is 0 Å². The monoisotopic (exact) mass is 172 g/mol. The van der Waals surface area contributed by atoms with Crippen LogP contribution in [-0.2, 0) is 0 Å². The van der Waals surface area contributed by atoms with Crippen LogP contribution in [0.3, 0.4) is 0 Å². The minimum Gasteiger partial charge on any atom is -0.298 e. The fourth-order valence-electron chi connectivity index (χ4n) is 1.20. The van der Waals surface area contributed by atoms with E-state index >= 15 is 0 Å². The zero-order valence-electron chi connectivity index (χ0n) is 7.19. The maximum atomic E-state index is 10.5. The molecule has 2 heterocycles. The van der Waals surface area contributed by atoms with Crippen molar-refractivity contribution in [3.63, 3.8) is 0 Å². The summed E-state index contributed by atoms with van der Waals surface area (Å²) in [5.41, 5.74) is 2.38. The highest BCUT2D eigenvalue weighted by molar-refractivity contribution is 5.85. The average Bonchev–Trinajstić information content (AvgIpc) is 2.17. The molecule has 0 spiro atoms. The lowest BCUT2D eigenvalue weighted by Gasteiger charge is -1.97. The van der Waals surface area contributed by atoms with E-state index < -0.39 is 0 Å². The number of carbonyl (C=O) groups is 1. The van der Waals surface area contributed by atoms with Crippen molar-refractivity contribution in [1.29, 1.82) is 0 Å². The van der Waals surface area contributed by atoms with Crippen molar-refractivity contribution in [1.82, 2.24) is 9.97 Å². The van der Waals surface area contributed by atoms with Gasteiger partial charge < -0.3 is 0 Å². The first-order chi connectivity index (χ1) is 6.29. The van der Waals surface area contributed by atoms with E-state index in [0.29, 0.717) is 5.56 Å². The molecule has 0 unspecified atom stereocenters. The molecular weight excluding hydrogens is 164 g/mol. The zero-order valence-corrected chi connectivity index (χ0v) is 7.19. The summed E-state index contributed by atoms with van der Waals surface area (Å²) < 4.78 is 0. The van der Waals surface area contributed by atoms with Gasteiger partial charge in [-0.2, -0.15) is 0 Å². The van der Waals surface area contributed by atoms with Gasteiger partial charge in [-0.1, -0.05) is 0 Å². The first kappa shape index (κ1) is 7.86. The third-order valence-corrected chi connectivity index (χ3v) is 1.86. The van der Waals surface area contributed by atoms with Crippen molar-refractivity contribution < 1.29 is 4.79 Å². The standard InChI is InChI=1S/C10H8N2O/c1-7-2-10-9(5-11-7)3-8(6-13)4-12-10/h2-6H,1H3. The van der Waals surface area contributed by atoms with Crippen molar-refractivity contribution in [3.8, 4) is 0 Å². The van der Waals surface area contributed by atoms with E-state index in [-0.39, 0.29) is 0 Å². The second-order valence-electron chi connectivity index (χ2n) is 2.90. The van der Waals surface area contributed by atoms with Gasteiger partial charge in [0.1, 0.15) is 0 Å². The molecule has 0 aromatic carbocycles. The topological polar surface area (TPSA) is 42.9 Å². The molecule has 2 rings (SSSR count). The minimum absolute atomic E-state index is 0.582. The van der Waals surface area contributed by atoms with Crippen LogP contribution >= 0.6 is 0 Å². The molecule has 0 fully saturated rings. The fourth-order valence-corrected chi connectivity index (χ4v) is 1.20. The highest BCUT2D eigenvalue weighted by Crippen LogP contribution is 2.11. The Morgan fingerprint density at radius 2 is 2.08 bits per heavy atom. The van der Waals surface area contributed by atoms with E-state index in [0.717, 1.165) is 22.9 Å². The van der Waals surface area contributed by atoms with Crippen molar-refractivity contribution in [2.45, 2.75) is 6.92 Å². The molecule has 13 heavy (non-hydrogen) atoms. The first-order valence-corrected chi connectivity index (χ1v) is 3.97. The smallest absolute Gasteiger partial charge is 0.151 e. The Kier molecular flexibility index (Phi) is 1.77. The number of hydrogen-bond acceptors (Lipinski definition) is 3. The van der Waals surface area contributed by atoms with Gasteiger partial charge in [0.15, 0.2) is 6.29 Å². The molecule has 0 saturated carbocycles. The molecule has 0 aliphatic rings. The molecule has 0 radical (unpaired) electrons. The molecule has 3 heteroatoms. The molecule has 64 valence electrons. The van der Waals surface area contributed by atoms with Crippen molar-refractivity contribution in [3.05, 3.63) is 35.8 Å². The van der Waals surface area contributed by atoms with E-state index in [1.807, 2.05) is 13.0 Å². The van der Waals surface area contributed by atoms with Gasteiger partial charge in [0, 0.05) is 29.0 Å². The Balaban J connectivity index is 2.73. The quantitative estimate of drug-likeness (QED) is 0.615. The number of aromatic nitrogens is 2. The lowest BCUT2D eigenvalue weighted by molar-refractivity contribution is 0.112. The van der Waals surface area contributed by atoms with Crippen LogP contribution in [0.1, 0.15) is 16.1 Å². The van der Waals surface area contributed by atoms with Gasteiger partial charge in [-0.25, -0.2) is 0 Å². The molecule has 0 aliphatic carbocycles. The van der Waals surface area contributed by atoms with E-state index in [2.05, 4.69) is 9.97 Å². The van der Waals surface area contributed by atoms with Crippen LogP contribution in [0.5, 0.6) is 0 Å². The summed E-state index contributed by atoms with van der Waals surface area (Å²) >= 11 is 0. The number of pyridine rings is 2. The third kappa shape index (κ3) is 1.40. The van der Waals surface area contributed by atoms with Gasteiger partial charge in [0.2, 0.25) is 0 Å². The van der Waals surface area contributed by atoms with Crippen LogP contribution in [0.2, 0.25) is 0 Å². The maximum absolute atomic E-state index is 10.5. The summed E-state index contributed by atoms with van der Waals surface area (Å²) in [4.78, 5) is 18.7. The molecule has 0 aliphatic heterocycles. The molecule has 3 nitrogen and oxygen atoms in total. The highest BCUT2D eigenvalue weighted by atomic mass is 16.1. The number of aldehydes is 1. The number of nitrogens with zero attached hydrogens (tertiary/aromatic N) is 2. The summed E-state index contributed by atoms with van der Waals surface area (Å²) in [6, 6.07) is 3.67. The number of hydrogen-bond donors (Lipinski definition) is 0. The van der Waals surface area contributed by atoms with Gasteiger partial charge in [-0.15, -0.1) is 0 Å². The Morgan fingerprint density at radius 3 is 2.85 bits per heavy atom. The average molecular weight is 172 g/mol. The van der Waals surface area contributed by atoms with Gasteiger partial charge in [0.05, 0.1) is 5.52 Å². The SMILES string of the molecule is Cc1cc2ncc(C=O)cc2cn1. The number of fused-ring (bicyclic) bond motifs is 1. The van der Waals surface area contributed by atoms with E-state index in [4.69, 9.17) is 0 Å². The van der Waals surface area contributed by atoms with Crippen LogP contribution in [0.15, 0.2) is 24.5 Å². The largest absolute Gasteiger partial charge is 0.298 e. The Hall–Kier alpha value is -1.77. The Labute approximate surface area is 75.4 Å². The lowest BCUT2D eigenvalue weighted by Crippen LogP contribution is -1.87. The third-order valence-electron chi connectivity index (χ3n) is 1.86. The van der Waals surface area contributed by atoms with Crippen LogP contribution in [0.4, 0.5) is 0 Å². The molecular formula is C10H8N2O. The van der Waals surface area contributed by atoms with Crippen LogP contribution in [0.25, 0.3) is 10.9 Å². The molecule has 2 aromatic rings. The molecule has 0 amide bonds. The normalized spacial score (nSPS) is 10.2. The predicted octanol–water partition coefficient (Wildman–Crippen LogP) is 1.75. The van der Waals surface area contributed by atoms with Crippen molar-refractivity contribution in [2.24, 2.45) is 0 Å². The first-order valence-electron chi connectivity index (χ1n) is 3.97. The Morgan fingerprint density at radius 1 is 1.23 bits per heavy atom. The predicted molar refractivity (Wildman–Crippen MR) is 49.7 cm³/mol. The van der Waals surface area contributed by atoms with Crippen LogP contribution in [-0.4, -0.2) is 16.3 Å². The number of aryl methyl sites for hydroxylation is 1. The number of carbonyl (C=O) groups excluding carboxylic acids is 1. The fraction of sp³-hybridized carbons (Fsp3) is 0.100. The molecule has 0 N–H and O–H groups in total. The zero-order chi connectivity index (χ0) is 9.26. The van der Waals surface area contributed by atoms with Gasteiger partial charge >= 0.3 is 0 Å². The Bertz CT molecular complexity index is 465. The molecule has 0 atom stereocenters. The summed E-state index contributed by atoms with van der Waals surface area (Å²) in [5.74, 6) is 0. The van der Waals surface area contributed by atoms with E-state index in [9.17, 15) is 4.79 Å². The highest BCUT2D eigenvalue weighted by Gasteiger charge is 1.97. The summed E-state index contributed by atoms with van der Waals surface area (Å²) in [7, 11) is 0. The van der Waals surface area contributed by atoms with Crippen LogP contribution in [0, 0.1) is 6.92 Å². The van der Waals surface area contributed by atoms with Crippen LogP contribution < -0.4 is 0 Å². The second-order valence-corrected chi connectivity index (χ2v) is 2.90. The van der Waals surface area contributed by atoms with Crippen molar-refractivity contribution in [2.75, 3.05) is 0 Å². The molecule has 0 saturated heterocycles. The summed E-state index contributed by atoms with van der Waals surface area (Å²) in [6.45, 7) is 1.91. The van der Waals surface area contributed by atoms with E-state index in [1.54, 1.807) is 18.5 Å². The molecule has 0 bridgehead atoms. The lowest BCUT2D eigenvalue weighted by atomic mass is 10.2. The number of rotatable bonds is 1. The van der Waals surface area contributed by atoms with Crippen molar-refractivity contribution >= 4 is 17.2 Å². The van der Waals surface area contributed by atoms with Gasteiger partial charge in [-0.3, -0.25) is 14.8 Å².